The first-order chi connectivity index (χ1) is 13.0. The van der Waals surface area contributed by atoms with Crippen LogP contribution in [0.1, 0.15) is 30.4 Å². The number of hydrogen-bond acceptors (Lipinski definition) is 6. The zero-order chi connectivity index (χ0) is 20.6. The molecule has 0 spiro atoms. The van der Waals surface area contributed by atoms with E-state index in [1.54, 1.807) is 27.4 Å². The highest BCUT2D eigenvalue weighted by Crippen LogP contribution is 2.44. The van der Waals surface area contributed by atoms with E-state index in [9.17, 15) is 4.79 Å². The SMILES string of the molecule is CBr.CCN(CC)C(C)NC(=O)c1sc2c(OC)cc(OC)cc2c1OC. The minimum atomic E-state index is -0.154. The number of nitrogens with one attached hydrogen (secondary N) is 1. The molecule has 0 fully saturated rings. The molecule has 0 saturated heterocycles. The summed E-state index contributed by atoms with van der Waals surface area (Å²) in [5.74, 6) is 3.52. The van der Waals surface area contributed by atoms with Crippen molar-refractivity contribution in [2.75, 3.05) is 40.3 Å². The summed E-state index contributed by atoms with van der Waals surface area (Å²) in [6, 6.07) is 3.66. The summed E-state index contributed by atoms with van der Waals surface area (Å²) in [4.78, 5) is 15.5. The fraction of sp³-hybridized carbons (Fsp3) is 0.526. The average molecular weight is 461 g/mol. The topological polar surface area (TPSA) is 60.0 Å². The molecule has 2 rings (SSSR count). The number of amides is 1. The molecule has 0 bridgehead atoms. The van der Waals surface area contributed by atoms with Crippen molar-refractivity contribution in [3.05, 3.63) is 17.0 Å². The van der Waals surface area contributed by atoms with Gasteiger partial charge in [-0.1, -0.05) is 29.8 Å². The van der Waals surface area contributed by atoms with Gasteiger partial charge in [0.2, 0.25) is 0 Å². The number of rotatable bonds is 8. The highest BCUT2D eigenvalue weighted by Gasteiger charge is 2.24. The number of hydrogen-bond donors (Lipinski definition) is 1. The molecule has 6 nitrogen and oxygen atoms in total. The molecule has 152 valence electrons. The highest BCUT2D eigenvalue weighted by atomic mass is 79.9. The summed E-state index contributed by atoms with van der Waals surface area (Å²) >= 11 is 4.30. The molecule has 8 heteroatoms. The van der Waals surface area contributed by atoms with Crippen LogP contribution in [-0.4, -0.2) is 57.2 Å². The maximum absolute atomic E-state index is 12.8. The second-order valence-corrected chi connectivity index (χ2v) is 6.56. The van der Waals surface area contributed by atoms with Crippen LogP contribution in [0.3, 0.4) is 0 Å². The fourth-order valence-electron chi connectivity index (χ4n) is 2.86. The number of halogens is 1. The molecule has 1 N–H and O–H groups in total. The minimum Gasteiger partial charge on any atom is -0.497 e. The van der Waals surface area contributed by atoms with Gasteiger partial charge >= 0.3 is 0 Å². The van der Waals surface area contributed by atoms with Gasteiger partial charge in [0.05, 0.1) is 32.2 Å². The number of fused-ring (bicyclic) bond motifs is 1. The van der Waals surface area contributed by atoms with E-state index >= 15 is 0 Å². The molecule has 1 amide bonds. The Morgan fingerprint density at radius 2 is 1.78 bits per heavy atom. The van der Waals surface area contributed by atoms with Crippen LogP contribution < -0.4 is 19.5 Å². The Labute approximate surface area is 173 Å². The van der Waals surface area contributed by atoms with E-state index in [2.05, 4.69) is 40.0 Å². The van der Waals surface area contributed by atoms with Crippen LogP contribution in [0.4, 0.5) is 0 Å². The largest absolute Gasteiger partial charge is 0.497 e. The Hall–Kier alpha value is -1.51. The third-order valence-electron chi connectivity index (χ3n) is 4.25. The molecule has 27 heavy (non-hydrogen) atoms. The van der Waals surface area contributed by atoms with Gasteiger partial charge in [-0.15, -0.1) is 11.3 Å². The molecular formula is C19H29BrN2O4S. The summed E-state index contributed by atoms with van der Waals surface area (Å²) in [6.07, 6.45) is -0.0612. The van der Waals surface area contributed by atoms with Crippen LogP contribution in [0.2, 0.25) is 0 Å². The first-order valence-corrected chi connectivity index (χ1v) is 11.1. The van der Waals surface area contributed by atoms with Crippen LogP contribution in [0.15, 0.2) is 12.1 Å². The Balaban J connectivity index is 0.00000176. The molecule has 1 unspecified atom stereocenters. The Morgan fingerprint density at radius 1 is 1.15 bits per heavy atom. The van der Waals surface area contributed by atoms with Crippen molar-refractivity contribution in [2.45, 2.75) is 26.9 Å². The number of benzene rings is 1. The highest BCUT2D eigenvalue weighted by molar-refractivity contribution is 9.08. The lowest BCUT2D eigenvalue weighted by Crippen LogP contribution is -2.45. The van der Waals surface area contributed by atoms with Crippen molar-refractivity contribution in [3.63, 3.8) is 0 Å². The zero-order valence-corrected chi connectivity index (χ0v) is 19.4. The molecule has 0 aliphatic carbocycles. The maximum atomic E-state index is 12.8. The Kier molecular flexibility index (Phi) is 9.90. The number of nitrogens with zero attached hydrogens (tertiary/aromatic N) is 1. The maximum Gasteiger partial charge on any atom is 0.266 e. The summed E-state index contributed by atoms with van der Waals surface area (Å²) in [7, 11) is 4.76. The van der Waals surface area contributed by atoms with E-state index in [4.69, 9.17) is 14.2 Å². The molecule has 1 heterocycles. The molecule has 2 aromatic rings. The molecule has 0 aliphatic rings. The van der Waals surface area contributed by atoms with Crippen LogP contribution in [0, 0.1) is 0 Å². The van der Waals surface area contributed by atoms with Crippen molar-refractivity contribution in [1.82, 2.24) is 10.2 Å². The van der Waals surface area contributed by atoms with Gasteiger partial charge in [-0.25, -0.2) is 0 Å². The zero-order valence-electron chi connectivity index (χ0n) is 17.0. The quantitative estimate of drug-likeness (QED) is 0.468. The van der Waals surface area contributed by atoms with Crippen LogP contribution in [-0.2, 0) is 0 Å². The first-order valence-electron chi connectivity index (χ1n) is 8.65. The van der Waals surface area contributed by atoms with E-state index in [0.717, 1.165) is 23.2 Å². The number of methoxy groups -OCH3 is 3. The average Bonchev–Trinajstić information content (AvgIpc) is 3.08. The lowest BCUT2D eigenvalue weighted by molar-refractivity contribution is 0.0876. The van der Waals surface area contributed by atoms with Crippen LogP contribution in [0.5, 0.6) is 17.2 Å². The normalized spacial score (nSPS) is 11.6. The third-order valence-corrected chi connectivity index (χ3v) is 5.45. The molecular weight excluding hydrogens is 432 g/mol. The van der Waals surface area contributed by atoms with Gasteiger partial charge in [0.1, 0.15) is 16.4 Å². The summed E-state index contributed by atoms with van der Waals surface area (Å²) in [6.45, 7) is 7.86. The molecule has 0 saturated carbocycles. The van der Waals surface area contributed by atoms with E-state index in [0.29, 0.717) is 22.1 Å². The second-order valence-electron chi connectivity index (χ2n) is 5.54. The number of ether oxygens (including phenoxy) is 3. The monoisotopic (exact) mass is 460 g/mol. The van der Waals surface area contributed by atoms with E-state index < -0.39 is 0 Å². The Bertz CT molecular complexity index is 747. The minimum absolute atomic E-state index is 0.0612. The smallest absolute Gasteiger partial charge is 0.266 e. The predicted molar refractivity (Wildman–Crippen MR) is 116 cm³/mol. The number of carbonyl (C=O) groups excluding carboxylic acids is 1. The predicted octanol–water partition coefficient (Wildman–Crippen LogP) is 4.36. The van der Waals surface area contributed by atoms with Crippen molar-refractivity contribution in [2.24, 2.45) is 0 Å². The number of thiophene rings is 1. The lowest BCUT2D eigenvalue weighted by atomic mass is 10.2. The standard InChI is InChI=1S/C18H26N2O4S.CH3Br/c1-7-20(8-2)11(3)19-18(21)17-15(24-6)13-9-12(22-4)10-14(23-5)16(13)25-17;1-2/h9-11H,7-8H2,1-6H3,(H,19,21);1H3. The van der Waals surface area contributed by atoms with Gasteiger partial charge in [-0.3, -0.25) is 9.69 Å². The molecule has 1 aromatic heterocycles. The summed E-state index contributed by atoms with van der Waals surface area (Å²) in [5.41, 5.74) is 0. The van der Waals surface area contributed by atoms with Crippen molar-refractivity contribution >= 4 is 43.3 Å². The van der Waals surface area contributed by atoms with Gasteiger partial charge in [0, 0.05) is 11.5 Å². The lowest BCUT2D eigenvalue weighted by Gasteiger charge is -2.26. The summed E-state index contributed by atoms with van der Waals surface area (Å²) < 4.78 is 17.2. The number of carbonyl (C=O) groups is 1. The van der Waals surface area contributed by atoms with Crippen molar-refractivity contribution < 1.29 is 19.0 Å². The van der Waals surface area contributed by atoms with Gasteiger partial charge in [-0.2, -0.15) is 0 Å². The second kappa shape index (κ2) is 11.4. The van der Waals surface area contributed by atoms with E-state index in [1.807, 2.05) is 18.8 Å². The van der Waals surface area contributed by atoms with Crippen LogP contribution in [0.25, 0.3) is 10.1 Å². The van der Waals surface area contributed by atoms with Crippen molar-refractivity contribution in [3.8, 4) is 17.2 Å². The van der Waals surface area contributed by atoms with Gasteiger partial charge in [-0.05, 0) is 31.9 Å². The van der Waals surface area contributed by atoms with E-state index in [-0.39, 0.29) is 12.1 Å². The third kappa shape index (κ3) is 5.27. The molecule has 0 aliphatic heterocycles. The molecule has 0 radical (unpaired) electrons. The number of alkyl halides is 1. The molecule has 1 atom stereocenters. The fourth-order valence-corrected chi connectivity index (χ4v) is 4.01. The molecule has 1 aromatic carbocycles. The first kappa shape index (κ1) is 23.5. The van der Waals surface area contributed by atoms with Gasteiger partial charge < -0.3 is 19.5 Å². The van der Waals surface area contributed by atoms with Crippen LogP contribution >= 0.6 is 27.3 Å². The van der Waals surface area contributed by atoms with E-state index in [1.165, 1.54) is 11.3 Å². The summed E-state index contributed by atoms with van der Waals surface area (Å²) in [5, 5.41) is 3.85. The van der Waals surface area contributed by atoms with Crippen molar-refractivity contribution in [1.29, 1.82) is 0 Å². The van der Waals surface area contributed by atoms with Gasteiger partial charge in [0.15, 0.2) is 5.75 Å². The van der Waals surface area contributed by atoms with Gasteiger partial charge in [0.25, 0.3) is 5.91 Å². The Morgan fingerprint density at radius 3 is 2.26 bits per heavy atom.